The summed E-state index contributed by atoms with van der Waals surface area (Å²) in [4.78, 5) is 11.9. The standard InChI is InChI=1S/C16H26N2O3/c1-11(2)8-15(10-19)18-16(20)17-14-7-5-6-13(9-14)12(3)21-4/h5-7,9,11-12,15,19H,8,10H2,1-4H3,(H2,17,18,20)/t12-,15+/m0/s1. The van der Waals surface area contributed by atoms with E-state index in [1.54, 1.807) is 7.11 Å². The quantitative estimate of drug-likeness (QED) is 0.724. The molecule has 0 aliphatic heterocycles. The van der Waals surface area contributed by atoms with Gasteiger partial charge >= 0.3 is 6.03 Å². The highest BCUT2D eigenvalue weighted by Gasteiger charge is 2.13. The van der Waals surface area contributed by atoms with Crippen LogP contribution in [0.1, 0.15) is 38.9 Å². The smallest absolute Gasteiger partial charge is 0.319 e. The second-order valence-electron chi connectivity index (χ2n) is 5.61. The molecule has 0 aliphatic carbocycles. The van der Waals surface area contributed by atoms with Gasteiger partial charge in [-0.3, -0.25) is 0 Å². The first-order valence-corrected chi connectivity index (χ1v) is 7.27. The summed E-state index contributed by atoms with van der Waals surface area (Å²) < 4.78 is 5.26. The van der Waals surface area contributed by atoms with Crippen molar-refractivity contribution in [3.05, 3.63) is 29.8 Å². The Labute approximate surface area is 126 Å². The number of methoxy groups -OCH3 is 1. The molecule has 1 aromatic rings. The van der Waals surface area contributed by atoms with E-state index in [2.05, 4.69) is 24.5 Å². The number of aliphatic hydroxyl groups is 1. The number of carbonyl (C=O) groups excluding carboxylic acids is 1. The zero-order valence-electron chi connectivity index (χ0n) is 13.2. The van der Waals surface area contributed by atoms with Crippen LogP contribution in [-0.2, 0) is 4.74 Å². The molecule has 3 N–H and O–H groups in total. The first-order valence-electron chi connectivity index (χ1n) is 7.27. The molecular weight excluding hydrogens is 268 g/mol. The monoisotopic (exact) mass is 294 g/mol. The number of carbonyl (C=O) groups is 1. The van der Waals surface area contributed by atoms with Gasteiger partial charge in [-0.1, -0.05) is 26.0 Å². The van der Waals surface area contributed by atoms with Crippen molar-refractivity contribution in [1.82, 2.24) is 5.32 Å². The molecule has 21 heavy (non-hydrogen) atoms. The van der Waals surface area contributed by atoms with Gasteiger partial charge in [-0.05, 0) is 37.0 Å². The molecule has 0 unspecified atom stereocenters. The van der Waals surface area contributed by atoms with E-state index in [0.29, 0.717) is 11.6 Å². The van der Waals surface area contributed by atoms with Crippen LogP contribution in [0.2, 0.25) is 0 Å². The SMILES string of the molecule is CO[C@@H](C)c1cccc(NC(=O)N[C@@H](CO)CC(C)C)c1. The Bertz CT molecular complexity index is 449. The number of aliphatic hydroxyl groups excluding tert-OH is 1. The maximum atomic E-state index is 11.9. The minimum Gasteiger partial charge on any atom is -0.394 e. The highest BCUT2D eigenvalue weighted by Crippen LogP contribution is 2.19. The van der Waals surface area contributed by atoms with Gasteiger partial charge in [0.25, 0.3) is 0 Å². The molecule has 0 saturated heterocycles. The van der Waals surface area contributed by atoms with Crippen molar-refractivity contribution in [2.45, 2.75) is 39.3 Å². The summed E-state index contributed by atoms with van der Waals surface area (Å²) in [5, 5.41) is 14.8. The highest BCUT2D eigenvalue weighted by molar-refractivity contribution is 5.89. The highest BCUT2D eigenvalue weighted by atomic mass is 16.5. The van der Waals surface area contributed by atoms with E-state index in [4.69, 9.17) is 4.74 Å². The third-order valence-corrected chi connectivity index (χ3v) is 3.28. The van der Waals surface area contributed by atoms with Crippen molar-refractivity contribution in [1.29, 1.82) is 0 Å². The fourth-order valence-electron chi connectivity index (χ4n) is 2.11. The molecule has 2 amide bonds. The molecule has 1 aromatic carbocycles. The summed E-state index contributed by atoms with van der Waals surface area (Å²) in [6.07, 6.45) is 0.714. The molecule has 0 bridgehead atoms. The lowest BCUT2D eigenvalue weighted by atomic mass is 10.0. The molecule has 0 radical (unpaired) electrons. The van der Waals surface area contributed by atoms with E-state index in [1.807, 2.05) is 31.2 Å². The molecular formula is C16H26N2O3. The fraction of sp³-hybridized carbons (Fsp3) is 0.562. The van der Waals surface area contributed by atoms with Crippen LogP contribution in [0.5, 0.6) is 0 Å². The first-order chi connectivity index (χ1) is 9.96. The van der Waals surface area contributed by atoms with E-state index < -0.39 is 0 Å². The number of nitrogens with one attached hydrogen (secondary N) is 2. The van der Waals surface area contributed by atoms with Crippen molar-refractivity contribution in [3.63, 3.8) is 0 Å². The van der Waals surface area contributed by atoms with Crippen molar-refractivity contribution < 1.29 is 14.6 Å². The zero-order valence-corrected chi connectivity index (χ0v) is 13.2. The molecule has 0 spiro atoms. The summed E-state index contributed by atoms with van der Waals surface area (Å²) in [5.41, 5.74) is 1.70. The van der Waals surface area contributed by atoms with Gasteiger partial charge in [-0.25, -0.2) is 4.79 Å². The first kappa shape index (κ1) is 17.5. The predicted molar refractivity (Wildman–Crippen MR) is 84.3 cm³/mol. The Balaban J connectivity index is 2.62. The van der Waals surface area contributed by atoms with Crippen molar-refractivity contribution in [2.75, 3.05) is 19.0 Å². The molecule has 0 aliphatic rings. The van der Waals surface area contributed by atoms with Gasteiger partial charge in [-0.15, -0.1) is 0 Å². The number of anilines is 1. The van der Waals surface area contributed by atoms with Gasteiger partial charge in [0.05, 0.1) is 18.8 Å². The molecule has 0 fully saturated rings. The molecule has 1 rings (SSSR count). The summed E-state index contributed by atoms with van der Waals surface area (Å²) >= 11 is 0. The van der Waals surface area contributed by atoms with Crippen LogP contribution in [0.15, 0.2) is 24.3 Å². The Morgan fingerprint density at radius 1 is 1.33 bits per heavy atom. The number of hydrogen-bond donors (Lipinski definition) is 3. The van der Waals surface area contributed by atoms with Crippen LogP contribution in [0, 0.1) is 5.92 Å². The molecule has 0 saturated carbocycles. The van der Waals surface area contributed by atoms with E-state index in [9.17, 15) is 9.90 Å². The number of benzene rings is 1. The maximum Gasteiger partial charge on any atom is 0.319 e. The van der Waals surface area contributed by atoms with Gasteiger partial charge in [0.1, 0.15) is 0 Å². The molecule has 5 nitrogen and oxygen atoms in total. The Hall–Kier alpha value is -1.59. The molecule has 0 aromatic heterocycles. The Kier molecular flexibility index (Phi) is 7.19. The van der Waals surface area contributed by atoms with Crippen LogP contribution < -0.4 is 10.6 Å². The normalized spacial score (nSPS) is 13.8. The number of urea groups is 1. The third kappa shape index (κ3) is 6.14. The average Bonchev–Trinajstić information content (AvgIpc) is 2.45. The summed E-state index contributed by atoms with van der Waals surface area (Å²) in [7, 11) is 1.65. The number of amides is 2. The Morgan fingerprint density at radius 3 is 2.62 bits per heavy atom. The Morgan fingerprint density at radius 2 is 2.05 bits per heavy atom. The zero-order chi connectivity index (χ0) is 15.8. The molecule has 5 heteroatoms. The second kappa shape index (κ2) is 8.64. The number of ether oxygens (including phenoxy) is 1. The molecule has 2 atom stereocenters. The maximum absolute atomic E-state index is 11.9. The number of rotatable bonds is 7. The van der Waals surface area contributed by atoms with Crippen LogP contribution in [0.25, 0.3) is 0 Å². The topological polar surface area (TPSA) is 70.6 Å². The van der Waals surface area contributed by atoms with E-state index >= 15 is 0 Å². The third-order valence-electron chi connectivity index (χ3n) is 3.28. The van der Waals surface area contributed by atoms with Crippen LogP contribution in [0.4, 0.5) is 10.5 Å². The second-order valence-corrected chi connectivity index (χ2v) is 5.61. The summed E-state index contributed by atoms with van der Waals surface area (Å²) in [5.74, 6) is 0.410. The van der Waals surface area contributed by atoms with E-state index in [-0.39, 0.29) is 24.8 Å². The van der Waals surface area contributed by atoms with Crippen molar-refractivity contribution >= 4 is 11.7 Å². The lowest BCUT2D eigenvalue weighted by Gasteiger charge is -2.19. The van der Waals surface area contributed by atoms with Gasteiger partial charge < -0.3 is 20.5 Å². The predicted octanol–water partition coefficient (Wildman–Crippen LogP) is 2.92. The lowest BCUT2D eigenvalue weighted by molar-refractivity contribution is 0.119. The number of hydrogen-bond acceptors (Lipinski definition) is 3. The van der Waals surface area contributed by atoms with Crippen LogP contribution in [0.3, 0.4) is 0 Å². The molecule has 0 heterocycles. The minimum atomic E-state index is -0.308. The van der Waals surface area contributed by atoms with Crippen molar-refractivity contribution in [2.24, 2.45) is 5.92 Å². The van der Waals surface area contributed by atoms with Crippen molar-refractivity contribution in [3.8, 4) is 0 Å². The molecule has 118 valence electrons. The van der Waals surface area contributed by atoms with Gasteiger partial charge in [0, 0.05) is 12.8 Å². The van der Waals surface area contributed by atoms with Crippen LogP contribution >= 0.6 is 0 Å². The van der Waals surface area contributed by atoms with Gasteiger partial charge in [-0.2, -0.15) is 0 Å². The average molecular weight is 294 g/mol. The van der Waals surface area contributed by atoms with Gasteiger partial charge in [0.2, 0.25) is 0 Å². The fourth-order valence-corrected chi connectivity index (χ4v) is 2.11. The van der Waals surface area contributed by atoms with E-state index in [1.165, 1.54) is 0 Å². The summed E-state index contributed by atoms with van der Waals surface area (Å²) in [6.45, 7) is 5.99. The summed E-state index contributed by atoms with van der Waals surface area (Å²) in [6, 6.07) is 6.99. The van der Waals surface area contributed by atoms with Gasteiger partial charge in [0.15, 0.2) is 0 Å². The largest absolute Gasteiger partial charge is 0.394 e. The lowest BCUT2D eigenvalue weighted by Crippen LogP contribution is -2.40. The minimum absolute atomic E-state index is 0.0269. The van der Waals surface area contributed by atoms with Crippen LogP contribution in [-0.4, -0.2) is 30.9 Å². The van der Waals surface area contributed by atoms with E-state index in [0.717, 1.165) is 12.0 Å².